The van der Waals surface area contributed by atoms with Crippen molar-refractivity contribution in [2.45, 2.75) is 45.6 Å². The lowest BCUT2D eigenvalue weighted by Gasteiger charge is -2.29. The quantitative estimate of drug-likeness (QED) is 0.783. The molecule has 2 N–H and O–H groups in total. The fourth-order valence-corrected chi connectivity index (χ4v) is 2.12. The van der Waals surface area contributed by atoms with E-state index in [1.54, 1.807) is 6.92 Å². The van der Waals surface area contributed by atoms with Crippen molar-refractivity contribution in [3.05, 3.63) is 0 Å². The highest BCUT2D eigenvalue weighted by atomic mass is 16.5. The summed E-state index contributed by atoms with van der Waals surface area (Å²) in [6.07, 6.45) is 4.07. The van der Waals surface area contributed by atoms with Gasteiger partial charge in [0, 0.05) is 6.04 Å². The van der Waals surface area contributed by atoms with Gasteiger partial charge in [0.2, 0.25) is 5.91 Å². The van der Waals surface area contributed by atoms with Gasteiger partial charge in [-0.1, -0.05) is 19.8 Å². The van der Waals surface area contributed by atoms with Crippen molar-refractivity contribution in [3.63, 3.8) is 0 Å². The molecule has 0 aromatic rings. The molecule has 17 heavy (non-hydrogen) atoms. The van der Waals surface area contributed by atoms with E-state index in [-0.39, 0.29) is 18.5 Å². The summed E-state index contributed by atoms with van der Waals surface area (Å²) in [6.45, 7) is 4.18. The van der Waals surface area contributed by atoms with Crippen molar-refractivity contribution in [3.8, 4) is 0 Å². The lowest BCUT2D eigenvalue weighted by atomic mass is 9.86. The Morgan fingerprint density at radius 2 is 2.00 bits per heavy atom. The van der Waals surface area contributed by atoms with Crippen LogP contribution in [0.15, 0.2) is 0 Å². The highest BCUT2D eigenvalue weighted by Gasteiger charge is 2.22. The van der Waals surface area contributed by atoms with Gasteiger partial charge < -0.3 is 15.4 Å². The van der Waals surface area contributed by atoms with Crippen LogP contribution in [0.5, 0.6) is 0 Å². The normalized spacial score (nSPS) is 23.9. The zero-order valence-electron chi connectivity index (χ0n) is 10.6. The smallest absolute Gasteiger partial charge is 0.407 e. The summed E-state index contributed by atoms with van der Waals surface area (Å²) in [5.74, 6) is 0.382. The van der Waals surface area contributed by atoms with Crippen LogP contribution in [0.2, 0.25) is 0 Å². The van der Waals surface area contributed by atoms with Gasteiger partial charge in [-0.15, -0.1) is 0 Å². The maximum Gasteiger partial charge on any atom is 0.407 e. The summed E-state index contributed by atoms with van der Waals surface area (Å²) in [7, 11) is 0. The lowest BCUT2D eigenvalue weighted by molar-refractivity contribution is -0.121. The van der Waals surface area contributed by atoms with E-state index in [4.69, 9.17) is 0 Å². The minimum atomic E-state index is -0.542. The van der Waals surface area contributed by atoms with E-state index in [9.17, 15) is 9.59 Å². The van der Waals surface area contributed by atoms with Crippen LogP contribution in [0, 0.1) is 5.92 Å². The Kier molecular flexibility index (Phi) is 5.80. The summed E-state index contributed by atoms with van der Waals surface area (Å²) < 4.78 is 4.67. The fourth-order valence-electron chi connectivity index (χ4n) is 2.12. The van der Waals surface area contributed by atoms with Gasteiger partial charge in [-0.05, 0) is 25.7 Å². The van der Waals surface area contributed by atoms with E-state index >= 15 is 0 Å². The van der Waals surface area contributed by atoms with Crippen molar-refractivity contribution in [2.75, 3.05) is 13.2 Å². The number of rotatable bonds is 4. The molecule has 1 rings (SSSR count). The summed E-state index contributed by atoms with van der Waals surface area (Å²) in [5.41, 5.74) is 0. The van der Waals surface area contributed by atoms with Crippen LogP contribution in [-0.4, -0.2) is 31.2 Å². The second-order valence-electron chi connectivity index (χ2n) is 4.51. The Morgan fingerprint density at radius 3 is 2.65 bits per heavy atom. The number of carbonyl (C=O) groups is 2. The second kappa shape index (κ2) is 7.14. The monoisotopic (exact) mass is 242 g/mol. The first-order valence-corrected chi connectivity index (χ1v) is 6.33. The van der Waals surface area contributed by atoms with Gasteiger partial charge in [0.1, 0.15) is 6.54 Å². The van der Waals surface area contributed by atoms with E-state index in [1.807, 2.05) is 0 Å². The lowest BCUT2D eigenvalue weighted by Crippen LogP contribution is -2.45. The molecule has 1 saturated carbocycles. The van der Waals surface area contributed by atoms with Gasteiger partial charge >= 0.3 is 6.09 Å². The van der Waals surface area contributed by atoms with Gasteiger partial charge in [0.25, 0.3) is 0 Å². The first kappa shape index (κ1) is 13.8. The molecule has 5 heteroatoms. The summed E-state index contributed by atoms with van der Waals surface area (Å²) in [6, 6.07) is 0.250. The van der Waals surface area contributed by atoms with Crippen LogP contribution >= 0.6 is 0 Å². The van der Waals surface area contributed by atoms with Crippen molar-refractivity contribution < 1.29 is 14.3 Å². The Bertz CT molecular complexity index is 268. The molecule has 2 amide bonds. The maximum absolute atomic E-state index is 11.6. The molecule has 0 bridgehead atoms. The van der Waals surface area contributed by atoms with Crippen LogP contribution in [0.3, 0.4) is 0 Å². The third kappa shape index (κ3) is 5.06. The molecule has 0 radical (unpaired) electrons. The molecule has 1 fully saturated rings. The first-order chi connectivity index (χ1) is 8.13. The topological polar surface area (TPSA) is 67.4 Å². The Labute approximate surface area is 102 Å². The maximum atomic E-state index is 11.6. The molecule has 0 saturated heterocycles. The molecule has 2 atom stereocenters. The van der Waals surface area contributed by atoms with Gasteiger partial charge in [0.05, 0.1) is 6.61 Å². The molecule has 1 aliphatic carbocycles. The van der Waals surface area contributed by atoms with E-state index in [0.717, 1.165) is 12.8 Å². The van der Waals surface area contributed by atoms with Crippen LogP contribution in [-0.2, 0) is 9.53 Å². The average molecular weight is 242 g/mol. The molecule has 1 aliphatic rings. The van der Waals surface area contributed by atoms with E-state index in [1.165, 1.54) is 12.8 Å². The number of carbonyl (C=O) groups excluding carboxylic acids is 2. The van der Waals surface area contributed by atoms with Gasteiger partial charge in [-0.2, -0.15) is 0 Å². The first-order valence-electron chi connectivity index (χ1n) is 6.33. The number of amides is 2. The number of ether oxygens (including phenoxy) is 1. The highest BCUT2D eigenvalue weighted by Crippen LogP contribution is 2.23. The average Bonchev–Trinajstić information content (AvgIpc) is 2.30. The van der Waals surface area contributed by atoms with Crippen molar-refractivity contribution >= 4 is 12.0 Å². The van der Waals surface area contributed by atoms with E-state index in [2.05, 4.69) is 22.3 Å². The summed E-state index contributed by atoms with van der Waals surface area (Å²) in [5, 5.41) is 5.37. The Balaban J connectivity index is 2.22. The highest BCUT2D eigenvalue weighted by molar-refractivity contribution is 5.82. The van der Waals surface area contributed by atoms with Crippen LogP contribution in [0.1, 0.15) is 39.5 Å². The molecule has 5 nitrogen and oxygen atoms in total. The van der Waals surface area contributed by atoms with Crippen molar-refractivity contribution in [1.29, 1.82) is 0 Å². The predicted octanol–water partition coefficient (Wildman–Crippen LogP) is 1.43. The molecule has 0 aromatic heterocycles. The van der Waals surface area contributed by atoms with Crippen LogP contribution in [0.25, 0.3) is 0 Å². The standard InChI is InChI=1S/C12H22N2O3/c1-3-17-12(16)13-8-11(15)14-10-7-5-4-6-9(10)2/h9-10H,3-8H2,1-2H3,(H,13,16)(H,14,15)/t9-,10-/m0/s1. The SMILES string of the molecule is CCOC(=O)NCC(=O)N[C@H]1CCCC[C@@H]1C. The van der Waals surface area contributed by atoms with Gasteiger partial charge in [0.15, 0.2) is 0 Å². The Hall–Kier alpha value is -1.26. The second-order valence-corrected chi connectivity index (χ2v) is 4.51. The molecular weight excluding hydrogens is 220 g/mol. The fraction of sp³-hybridized carbons (Fsp3) is 0.833. The Morgan fingerprint density at radius 1 is 1.29 bits per heavy atom. The summed E-state index contributed by atoms with van der Waals surface area (Å²) in [4.78, 5) is 22.6. The van der Waals surface area contributed by atoms with Gasteiger partial charge in [-0.25, -0.2) is 4.79 Å². The number of alkyl carbamates (subject to hydrolysis) is 1. The van der Waals surface area contributed by atoms with Crippen molar-refractivity contribution in [2.24, 2.45) is 5.92 Å². The van der Waals surface area contributed by atoms with Crippen LogP contribution < -0.4 is 10.6 Å². The molecule has 0 unspecified atom stereocenters. The third-order valence-corrected chi connectivity index (χ3v) is 3.13. The molecular formula is C12H22N2O3. The molecule has 0 aliphatic heterocycles. The van der Waals surface area contributed by atoms with E-state index < -0.39 is 6.09 Å². The van der Waals surface area contributed by atoms with Crippen LogP contribution in [0.4, 0.5) is 4.79 Å². The third-order valence-electron chi connectivity index (χ3n) is 3.13. The largest absolute Gasteiger partial charge is 0.450 e. The zero-order valence-corrected chi connectivity index (χ0v) is 10.6. The van der Waals surface area contributed by atoms with Crippen molar-refractivity contribution in [1.82, 2.24) is 10.6 Å². The zero-order chi connectivity index (χ0) is 12.7. The predicted molar refractivity (Wildman–Crippen MR) is 64.6 cm³/mol. The molecule has 0 spiro atoms. The van der Waals surface area contributed by atoms with Gasteiger partial charge in [-0.3, -0.25) is 4.79 Å². The minimum absolute atomic E-state index is 0.0119. The minimum Gasteiger partial charge on any atom is -0.450 e. The molecule has 0 heterocycles. The molecule has 0 aromatic carbocycles. The molecule has 98 valence electrons. The number of hydrogen-bond acceptors (Lipinski definition) is 3. The number of nitrogens with one attached hydrogen (secondary N) is 2. The number of hydrogen-bond donors (Lipinski definition) is 2. The van der Waals surface area contributed by atoms with E-state index in [0.29, 0.717) is 12.5 Å². The summed E-state index contributed by atoms with van der Waals surface area (Å²) >= 11 is 0.